The maximum Gasteiger partial charge on any atom is 0.228 e. The van der Waals surface area contributed by atoms with Crippen molar-refractivity contribution in [2.75, 3.05) is 5.32 Å². The van der Waals surface area contributed by atoms with Crippen molar-refractivity contribution >= 4 is 23.0 Å². The van der Waals surface area contributed by atoms with E-state index in [0.29, 0.717) is 11.3 Å². The van der Waals surface area contributed by atoms with E-state index in [9.17, 15) is 9.59 Å². The lowest BCUT2D eigenvalue weighted by Gasteiger charge is -2.12. The number of carbonyl (C=O) groups excluding carboxylic acids is 2. The number of hydrogen-bond acceptors (Lipinski definition) is 4. The van der Waals surface area contributed by atoms with Gasteiger partial charge in [0.1, 0.15) is 0 Å². The summed E-state index contributed by atoms with van der Waals surface area (Å²) in [4.78, 5) is 28.9. The van der Waals surface area contributed by atoms with E-state index in [1.807, 2.05) is 43.5 Å². The van der Waals surface area contributed by atoms with Crippen molar-refractivity contribution in [3.8, 4) is 11.1 Å². The van der Waals surface area contributed by atoms with Crippen LogP contribution in [0.4, 0.5) is 5.69 Å². The highest BCUT2D eigenvalue weighted by Gasteiger charge is 2.19. The van der Waals surface area contributed by atoms with E-state index in [4.69, 9.17) is 10.1 Å². The second-order valence-electron chi connectivity index (χ2n) is 7.68. The Morgan fingerprint density at radius 3 is 2.26 bits per heavy atom. The monoisotopic (exact) mass is 412 g/mol. The molecule has 31 heavy (non-hydrogen) atoms. The molecule has 0 aliphatic heterocycles. The van der Waals surface area contributed by atoms with E-state index in [1.54, 1.807) is 24.3 Å². The molecule has 0 fully saturated rings. The summed E-state index contributed by atoms with van der Waals surface area (Å²) in [5, 5.41) is 7.59. The number of nitrogens with zero attached hydrogens (tertiary/aromatic N) is 3. The lowest BCUT2D eigenvalue weighted by Crippen LogP contribution is -2.17. The standard InChI is InChI=1S/C25H24N4O2/c1-15-22(14-23(31)27-21-12-10-19(11-13-21)18(4)30)17(3)29-25(26-15)24(16(2)28-29)20-8-6-5-7-9-20/h5-13H,14H2,1-4H3,(H,27,31). The lowest BCUT2D eigenvalue weighted by molar-refractivity contribution is -0.115. The molecule has 0 aliphatic rings. The molecule has 0 saturated heterocycles. The van der Waals surface area contributed by atoms with Crippen LogP contribution in [0.15, 0.2) is 54.6 Å². The average molecular weight is 412 g/mol. The summed E-state index contributed by atoms with van der Waals surface area (Å²) in [7, 11) is 0. The van der Waals surface area contributed by atoms with Gasteiger partial charge in [-0.25, -0.2) is 9.50 Å². The summed E-state index contributed by atoms with van der Waals surface area (Å²) >= 11 is 0. The van der Waals surface area contributed by atoms with Crippen molar-refractivity contribution in [3.63, 3.8) is 0 Å². The molecule has 2 heterocycles. The van der Waals surface area contributed by atoms with Gasteiger partial charge in [0.05, 0.1) is 12.1 Å². The zero-order chi connectivity index (χ0) is 22.1. The third-order valence-electron chi connectivity index (χ3n) is 5.48. The Morgan fingerprint density at radius 1 is 0.935 bits per heavy atom. The molecule has 2 aromatic carbocycles. The molecular formula is C25H24N4O2. The quantitative estimate of drug-likeness (QED) is 0.482. The number of rotatable bonds is 5. The van der Waals surface area contributed by atoms with Gasteiger partial charge in [-0.1, -0.05) is 30.3 Å². The van der Waals surface area contributed by atoms with Gasteiger partial charge >= 0.3 is 0 Å². The van der Waals surface area contributed by atoms with Gasteiger partial charge in [0.15, 0.2) is 11.4 Å². The fourth-order valence-corrected chi connectivity index (χ4v) is 3.82. The fraction of sp³-hybridized carbons (Fsp3) is 0.200. The van der Waals surface area contributed by atoms with Gasteiger partial charge in [-0.15, -0.1) is 0 Å². The molecule has 6 nitrogen and oxygen atoms in total. The Balaban J connectivity index is 1.64. The molecule has 4 aromatic rings. The van der Waals surface area contributed by atoms with Crippen molar-refractivity contribution < 1.29 is 9.59 Å². The average Bonchev–Trinajstić information content (AvgIpc) is 3.08. The van der Waals surface area contributed by atoms with Crippen LogP contribution in [0.1, 0.15) is 39.9 Å². The number of amides is 1. The van der Waals surface area contributed by atoms with E-state index < -0.39 is 0 Å². The number of Topliss-reactive ketones (excluding diaryl/α,β-unsaturated/α-hetero) is 1. The van der Waals surface area contributed by atoms with Gasteiger partial charge < -0.3 is 5.32 Å². The van der Waals surface area contributed by atoms with Crippen LogP contribution in [0.25, 0.3) is 16.8 Å². The van der Waals surface area contributed by atoms with Crippen molar-refractivity contribution in [2.45, 2.75) is 34.1 Å². The number of carbonyl (C=O) groups is 2. The summed E-state index contributed by atoms with van der Waals surface area (Å²) in [6.07, 6.45) is 0.189. The summed E-state index contributed by atoms with van der Waals surface area (Å²) < 4.78 is 1.83. The summed E-state index contributed by atoms with van der Waals surface area (Å²) in [6.45, 7) is 7.38. The van der Waals surface area contributed by atoms with Crippen LogP contribution >= 0.6 is 0 Å². The molecule has 0 atom stereocenters. The van der Waals surface area contributed by atoms with Crippen molar-refractivity contribution in [1.82, 2.24) is 14.6 Å². The van der Waals surface area contributed by atoms with Crippen LogP contribution in [-0.2, 0) is 11.2 Å². The minimum atomic E-state index is -0.143. The molecule has 1 amide bonds. The molecule has 6 heteroatoms. The Hall–Kier alpha value is -3.80. The van der Waals surface area contributed by atoms with Crippen molar-refractivity contribution in [1.29, 1.82) is 0 Å². The Kier molecular flexibility index (Phi) is 5.38. The predicted octanol–water partition coefficient (Wildman–Crippen LogP) is 4.71. The minimum absolute atomic E-state index is 0.00658. The zero-order valence-corrected chi connectivity index (χ0v) is 18.1. The SMILES string of the molecule is CC(=O)c1ccc(NC(=O)Cc2c(C)nc3c(-c4ccccc4)c(C)nn3c2C)cc1. The van der Waals surface area contributed by atoms with Crippen LogP contribution in [0.3, 0.4) is 0 Å². The lowest BCUT2D eigenvalue weighted by atomic mass is 10.1. The first-order valence-electron chi connectivity index (χ1n) is 10.2. The Bertz CT molecular complexity index is 1290. The first-order valence-corrected chi connectivity index (χ1v) is 10.2. The zero-order valence-electron chi connectivity index (χ0n) is 18.1. The topological polar surface area (TPSA) is 76.4 Å². The van der Waals surface area contributed by atoms with E-state index >= 15 is 0 Å². The molecule has 156 valence electrons. The third kappa shape index (κ3) is 3.97. The van der Waals surface area contributed by atoms with E-state index in [0.717, 1.165) is 39.4 Å². The number of anilines is 1. The first-order chi connectivity index (χ1) is 14.8. The predicted molar refractivity (Wildman–Crippen MR) is 121 cm³/mol. The van der Waals surface area contributed by atoms with Crippen molar-refractivity contribution in [2.24, 2.45) is 0 Å². The van der Waals surface area contributed by atoms with Crippen LogP contribution in [-0.4, -0.2) is 26.3 Å². The summed E-state index contributed by atoms with van der Waals surface area (Å²) in [5.41, 5.74) is 7.60. The molecule has 0 bridgehead atoms. The van der Waals surface area contributed by atoms with Crippen LogP contribution in [0.5, 0.6) is 0 Å². The van der Waals surface area contributed by atoms with Crippen LogP contribution in [0, 0.1) is 20.8 Å². The largest absolute Gasteiger partial charge is 0.326 e. The summed E-state index contributed by atoms with van der Waals surface area (Å²) in [5.74, 6) is -0.150. The third-order valence-corrected chi connectivity index (χ3v) is 5.48. The van der Waals surface area contributed by atoms with Gasteiger partial charge in [-0.3, -0.25) is 9.59 Å². The number of fused-ring (bicyclic) bond motifs is 1. The normalized spacial score (nSPS) is 11.0. The number of aromatic nitrogens is 3. The Morgan fingerprint density at radius 2 is 1.61 bits per heavy atom. The van der Waals surface area contributed by atoms with E-state index in [2.05, 4.69) is 17.4 Å². The van der Waals surface area contributed by atoms with E-state index in [1.165, 1.54) is 6.92 Å². The fourth-order valence-electron chi connectivity index (χ4n) is 3.82. The maximum absolute atomic E-state index is 12.7. The van der Waals surface area contributed by atoms with Crippen molar-refractivity contribution in [3.05, 3.63) is 82.8 Å². The molecule has 2 aromatic heterocycles. The maximum atomic E-state index is 12.7. The smallest absolute Gasteiger partial charge is 0.228 e. The molecule has 1 N–H and O–H groups in total. The first kappa shape index (κ1) is 20.5. The second-order valence-corrected chi connectivity index (χ2v) is 7.68. The number of hydrogen-bond donors (Lipinski definition) is 1. The van der Waals surface area contributed by atoms with Crippen LogP contribution in [0.2, 0.25) is 0 Å². The summed E-state index contributed by atoms with van der Waals surface area (Å²) in [6, 6.07) is 17.0. The second kappa shape index (κ2) is 8.14. The number of benzene rings is 2. The van der Waals surface area contributed by atoms with Gasteiger partial charge in [0.25, 0.3) is 0 Å². The molecule has 0 saturated carbocycles. The number of nitrogens with one attached hydrogen (secondary N) is 1. The number of ketones is 1. The molecule has 4 rings (SSSR count). The van der Waals surface area contributed by atoms with E-state index in [-0.39, 0.29) is 18.1 Å². The molecule has 0 unspecified atom stereocenters. The molecule has 0 radical (unpaired) electrons. The number of aryl methyl sites for hydroxylation is 3. The van der Waals surface area contributed by atoms with Gasteiger partial charge in [0, 0.05) is 33.8 Å². The van der Waals surface area contributed by atoms with Crippen LogP contribution < -0.4 is 5.32 Å². The highest BCUT2D eigenvalue weighted by molar-refractivity contribution is 5.96. The molecule has 0 aliphatic carbocycles. The molecule has 0 spiro atoms. The van der Waals surface area contributed by atoms with Gasteiger partial charge in [-0.2, -0.15) is 5.10 Å². The Labute approximate surface area is 180 Å². The highest BCUT2D eigenvalue weighted by Crippen LogP contribution is 2.29. The minimum Gasteiger partial charge on any atom is -0.326 e. The van der Waals surface area contributed by atoms with Gasteiger partial charge in [-0.05, 0) is 57.5 Å². The molecular weight excluding hydrogens is 388 g/mol. The highest BCUT2D eigenvalue weighted by atomic mass is 16.1. The van der Waals surface area contributed by atoms with Gasteiger partial charge in [0.2, 0.25) is 5.91 Å².